The van der Waals surface area contributed by atoms with Crippen molar-refractivity contribution >= 4 is 15.7 Å². The predicted molar refractivity (Wildman–Crippen MR) is 66.2 cm³/mol. The average Bonchev–Trinajstić information content (AvgIpc) is 2.59. The van der Waals surface area contributed by atoms with Gasteiger partial charge in [0.2, 0.25) is 10.0 Å². The van der Waals surface area contributed by atoms with Gasteiger partial charge in [0, 0.05) is 24.3 Å². The first-order chi connectivity index (χ1) is 8.03. The molecule has 0 atom stereocenters. The summed E-state index contributed by atoms with van der Waals surface area (Å²) >= 11 is 0. The van der Waals surface area contributed by atoms with Gasteiger partial charge in [-0.25, -0.2) is 8.42 Å². The minimum Gasteiger partial charge on any atom is -0.496 e. The summed E-state index contributed by atoms with van der Waals surface area (Å²) in [5.41, 5.74) is 7.11. The van der Waals surface area contributed by atoms with E-state index in [2.05, 4.69) is 0 Å². The van der Waals surface area contributed by atoms with Crippen LogP contribution in [0.5, 0.6) is 5.75 Å². The molecule has 6 heteroatoms. The second kappa shape index (κ2) is 4.54. The van der Waals surface area contributed by atoms with E-state index in [1.807, 2.05) is 0 Å². The molecule has 1 saturated heterocycles. The molecular weight excluding hydrogens is 240 g/mol. The number of nitrogen functional groups attached to an aromatic ring is 1. The van der Waals surface area contributed by atoms with Crippen molar-refractivity contribution in [3.63, 3.8) is 0 Å². The number of sulfonamides is 1. The molecule has 0 spiro atoms. The SMILES string of the molecule is COc1ccc(N)cc1CN1CCCS1(=O)=O. The number of hydrogen-bond acceptors (Lipinski definition) is 4. The van der Waals surface area contributed by atoms with Crippen LogP contribution in [0, 0.1) is 0 Å². The molecule has 1 aliphatic rings. The maximum absolute atomic E-state index is 11.7. The van der Waals surface area contributed by atoms with E-state index in [1.54, 1.807) is 25.3 Å². The Morgan fingerprint density at radius 1 is 1.47 bits per heavy atom. The lowest BCUT2D eigenvalue weighted by molar-refractivity contribution is 0.391. The number of methoxy groups -OCH3 is 1. The Hall–Kier alpha value is -1.27. The maximum Gasteiger partial charge on any atom is 0.214 e. The summed E-state index contributed by atoms with van der Waals surface area (Å²) < 4.78 is 30.1. The fourth-order valence-electron chi connectivity index (χ4n) is 1.98. The van der Waals surface area contributed by atoms with Gasteiger partial charge in [0.15, 0.2) is 0 Å². The minimum atomic E-state index is -3.09. The van der Waals surface area contributed by atoms with Gasteiger partial charge in [-0.1, -0.05) is 0 Å². The molecule has 0 bridgehead atoms. The van der Waals surface area contributed by atoms with Crippen molar-refractivity contribution in [3.05, 3.63) is 23.8 Å². The molecule has 17 heavy (non-hydrogen) atoms. The Labute approximate surface area is 101 Å². The van der Waals surface area contributed by atoms with Crippen molar-refractivity contribution in [2.45, 2.75) is 13.0 Å². The molecule has 1 aromatic carbocycles. The molecule has 2 rings (SSSR count). The molecule has 0 radical (unpaired) electrons. The smallest absolute Gasteiger partial charge is 0.214 e. The standard InChI is InChI=1S/C11H16N2O3S/c1-16-11-4-3-10(12)7-9(11)8-13-5-2-6-17(13,14)15/h3-4,7H,2,5-6,8,12H2,1H3. The van der Waals surface area contributed by atoms with Crippen LogP contribution in [0.4, 0.5) is 5.69 Å². The third-order valence-electron chi connectivity index (χ3n) is 2.85. The number of rotatable bonds is 3. The van der Waals surface area contributed by atoms with E-state index in [1.165, 1.54) is 4.31 Å². The van der Waals surface area contributed by atoms with Gasteiger partial charge in [0.1, 0.15) is 5.75 Å². The largest absolute Gasteiger partial charge is 0.496 e. The van der Waals surface area contributed by atoms with E-state index in [9.17, 15) is 8.42 Å². The lowest BCUT2D eigenvalue weighted by Gasteiger charge is -2.16. The average molecular weight is 256 g/mol. The highest BCUT2D eigenvalue weighted by Gasteiger charge is 2.28. The van der Waals surface area contributed by atoms with Crippen molar-refractivity contribution in [1.29, 1.82) is 0 Å². The Bertz CT molecular complexity index is 513. The molecule has 94 valence electrons. The highest BCUT2D eigenvalue weighted by Crippen LogP contribution is 2.25. The van der Waals surface area contributed by atoms with E-state index in [0.717, 1.165) is 5.56 Å². The predicted octanol–water partition coefficient (Wildman–Crippen LogP) is 0.813. The Balaban J connectivity index is 2.26. The summed E-state index contributed by atoms with van der Waals surface area (Å²) in [6, 6.07) is 5.25. The van der Waals surface area contributed by atoms with Crippen molar-refractivity contribution in [2.24, 2.45) is 0 Å². The van der Waals surface area contributed by atoms with Crippen LogP contribution in [0.1, 0.15) is 12.0 Å². The summed E-state index contributed by atoms with van der Waals surface area (Å²) in [7, 11) is -1.52. The number of nitrogens with two attached hydrogens (primary N) is 1. The van der Waals surface area contributed by atoms with Crippen LogP contribution in [-0.2, 0) is 16.6 Å². The van der Waals surface area contributed by atoms with Gasteiger partial charge in [-0.15, -0.1) is 0 Å². The number of hydrogen-bond donors (Lipinski definition) is 1. The lowest BCUT2D eigenvalue weighted by Crippen LogP contribution is -2.25. The van der Waals surface area contributed by atoms with Crippen LogP contribution in [0.15, 0.2) is 18.2 Å². The quantitative estimate of drug-likeness (QED) is 0.812. The first kappa shape index (κ1) is 12.2. The number of ether oxygens (including phenoxy) is 1. The van der Waals surface area contributed by atoms with Gasteiger partial charge >= 0.3 is 0 Å². The molecular formula is C11H16N2O3S. The third-order valence-corrected chi connectivity index (χ3v) is 4.76. The highest BCUT2D eigenvalue weighted by molar-refractivity contribution is 7.89. The number of benzene rings is 1. The zero-order valence-corrected chi connectivity index (χ0v) is 10.5. The van der Waals surface area contributed by atoms with Crippen molar-refractivity contribution in [2.75, 3.05) is 25.1 Å². The van der Waals surface area contributed by atoms with Crippen molar-refractivity contribution in [1.82, 2.24) is 4.31 Å². The molecule has 1 aliphatic heterocycles. The zero-order valence-electron chi connectivity index (χ0n) is 9.72. The molecule has 1 fully saturated rings. The van der Waals surface area contributed by atoms with Crippen LogP contribution in [-0.4, -0.2) is 32.1 Å². The van der Waals surface area contributed by atoms with E-state index in [-0.39, 0.29) is 5.75 Å². The topological polar surface area (TPSA) is 72.6 Å². The summed E-state index contributed by atoms with van der Waals surface area (Å²) in [4.78, 5) is 0. The van der Waals surface area contributed by atoms with Gasteiger partial charge in [0.05, 0.1) is 12.9 Å². The van der Waals surface area contributed by atoms with E-state index in [0.29, 0.717) is 30.9 Å². The minimum absolute atomic E-state index is 0.234. The summed E-state index contributed by atoms with van der Waals surface area (Å²) in [6.07, 6.45) is 0.687. The molecule has 0 amide bonds. The van der Waals surface area contributed by atoms with E-state index < -0.39 is 10.0 Å². The van der Waals surface area contributed by atoms with Gasteiger partial charge in [0.25, 0.3) is 0 Å². The molecule has 1 aromatic rings. The van der Waals surface area contributed by atoms with Gasteiger partial charge in [-0.05, 0) is 24.6 Å². The Morgan fingerprint density at radius 3 is 2.82 bits per heavy atom. The normalized spacial score (nSPS) is 19.4. The molecule has 0 aliphatic carbocycles. The van der Waals surface area contributed by atoms with Crippen LogP contribution < -0.4 is 10.5 Å². The lowest BCUT2D eigenvalue weighted by atomic mass is 10.1. The van der Waals surface area contributed by atoms with Crippen molar-refractivity contribution in [3.8, 4) is 5.75 Å². The van der Waals surface area contributed by atoms with Crippen LogP contribution in [0.3, 0.4) is 0 Å². The number of nitrogens with zero attached hydrogens (tertiary/aromatic N) is 1. The molecule has 0 saturated carbocycles. The summed E-state index contributed by atoms with van der Waals surface area (Å²) in [6.45, 7) is 0.900. The molecule has 0 aromatic heterocycles. The van der Waals surface area contributed by atoms with Gasteiger partial charge in [-0.2, -0.15) is 4.31 Å². The first-order valence-corrected chi connectivity index (χ1v) is 7.04. The second-order valence-electron chi connectivity index (χ2n) is 4.07. The van der Waals surface area contributed by atoms with Gasteiger partial charge in [-0.3, -0.25) is 0 Å². The molecule has 5 nitrogen and oxygen atoms in total. The van der Waals surface area contributed by atoms with E-state index >= 15 is 0 Å². The van der Waals surface area contributed by atoms with E-state index in [4.69, 9.17) is 10.5 Å². The fourth-order valence-corrected chi connectivity index (χ4v) is 3.48. The molecule has 0 unspecified atom stereocenters. The van der Waals surface area contributed by atoms with Crippen LogP contribution in [0.25, 0.3) is 0 Å². The fraction of sp³-hybridized carbons (Fsp3) is 0.455. The highest BCUT2D eigenvalue weighted by atomic mass is 32.2. The van der Waals surface area contributed by atoms with Crippen LogP contribution >= 0.6 is 0 Å². The first-order valence-electron chi connectivity index (χ1n) is 5.43. The van der Waals surface area contributed by atoms with Gasteiger partial charge < -0.3 is 10.5 Å². The monoisotopic (exact) mass is 256 g/mol. The third kappa shape index (κ3) is 2.53. The second-order valence-corrected chi connectivity index (χ2v) is 6.16. The summed E-state index contributed by atoms with van der Waals surface area (Å²) in [5.74, 6) is 0.902. The van der Waals surface area contributed by atoms with Crippen LogP contribution in [0.2, 0.25) is 0 Å². The number of anilines is 1. The van der Waals surface area contributed by atoms with Crippen molar-refractivity contribution < 1.29 is 13.2 Å². The maximum atomic E-state index is 11.7. The molecule has 1 heterocycles. The zero-order chi connectivity index (χ0) is 12.5. The Kier molecular flexibility index (Phi) is 3.26. The molecule has 2 N–H and O–H groups in total. The summed E-state index contributed by atoms with van der Waals surface area (Å²) in [5, 5.41) is 0. The Morgan fingerprint density at radius 2 is 2.24 bits per heavy atom.